The number of benzene rings is 4. The van der Waals surface area contributed by atoms with E-state index >= 15 is 0 Å². The summed E-state index contributed by atoms with van der Waals surface area (Å²) in [4.78, 5) is 3.71. The van der Waals surface area contributed by atoms with Crippen LogP contribution in [-0.4, -0.2) is 5.71 Å². The van der Waals surface area contributed by atoms with Crippen molar-refractivity contribution in [3.05, 3.63) is 106 Å². The Bertz CT molecular complexity index is 1680. The van der Waals surface area contributed by atoms with Crippen LogP contribution in [0.3, 0.4) is 0 Å². The Hall–Kier alpha value is -4.80. The zero-order chi connectivity index (χ0) is 32.4. The third-order valence-electron chi connectivity index (χ3n) is 6.84. The molecule has 0 N–H and O–H groups in total. The third-order valence-corrected chi connectivity index (χ3v) is 6.84. The number of aliphatic imine (C=N–C) groups is 1. The molecule has 0 radical (unpaired) electrons. The zero-order valence-corrected chi connectivity index (χ0v) is 21.4. The molecule has 0 aromatic heterocycles. The van der Waals surface area contributed by atoms with Crippen LogP contribution in [0.1, 0.15) is 33.4 Å². The first-order chi connectivity index (χ1) is 20.3. The van der Waals surface area contributed by atoms with Gasteiger partial charge in [-0.25, -0.2) is 0 Å². The summed E-state index contributed by atoms with van der Waals surface area (Å²) in [5.41, 5.74) is -6.61. The Balaban J connectivity index is 1.66. The molecule has 0 aliphatic heterocycles. The highest BCUT2D eigenvalue weighted by Gasteiger charge is 2.39. The fraction of sp³-hybridized carbons (Fsp3) is 0.133. The lowest BCUT2D eigenvalue weighted by Gasteiger charge is -2.15. The molecule has 4 aromatic carbocycles. The van der Waals surface area contributed by atoms with Crippen molar-refractivity contribution in [1.82, 2.24) is 0 Å². The maximum Gasteiger partial charge on any atom is 0.416 e. The molecule has 0 atom stereocenters. The molecule has 0 amide bonds. The van der Waals surface area contributed by atoms with Crippen LogP contribution in [0.25, 0.3) is 33.4 Å². The van der Waals surface area contributed by atoms with Crippen molar-refractivity contribution in [3.63, 3.8) is 0 Å². The van der Waals surface area contributed by atoms with Crippen LogP contribution >= 0.6 is 0 Å². The van der Waals surface area contributed by atoms with Gasteiger partial charge in [-0.3, -0.25) is 0 Å². The largest absolute Gasteiger partial charge is 0.416 e. The van der Waals surface area contributed by atoms with E-state index in [1.165, 1.54) is 42.6 Å². The molecule has 226 valence electrons. The van der Waals surface area contributed by atoms with Crippen LogP contribution in [0.5, 0.6) is 0 Å². The predicted molar refractivity (Wildman–Crippen MR) is 134 cm³/mol. The summed E-state index contributed by atoms with van der Waals surface area (Å²) in [5.74, 6) is 0. The Morgan fingerprint density at radius 1 is 0.409 bits per heavy atom. The van der Waals surface area contributed by atoms with Crippen LogP contribution in [0.2, 0.25) is 0 Å². The average Bonchev–Trinajstić information content (AvgIpc) is 3.23. The van der Waals surface area contributed by atoms with E-state index in [1.54, 1.807) is 0 Å². The van der Waals surface area contributed by atoms with Crippen LogP contribution in [0.4, 0.5) is 52.7 Å². The first-order valence-corrected chi connectivity index (χ1v) is 12.1. The summed E-state index contributed by atoms with van der Waals surface area (Å²) in [5, 5.41) is 9.32. The monoisotopic (exact) mass is 628 g/mol. The van der Waals surface area contributed by atoms with Gasteiger partial charge in [-0.2, -0.15) is 62.9 Å². The molecule has 1 aliphatic rings. The average molecular weight is 628 g/mol. The number of nitrogens with zero attached hydrogens (tertiary/aromatic N) is 2. The van der Waals surface area contributed by atoms with Crippen molar-refractivity contribution in [1.29, 1.82) is 5.26 Å². The summed E-state index contributed by atoms with van der Waals surface area (Å²) >= 11 is 0. The van der Waals surface area contributed by atoms with Gasteiger partial charge < -0.3 is 0 Å². The Labute approximate surface area is 239 Å². The molecule has 0 unspecified atom stereocenters. The van der Waals surface area contributed by atoms with Gasteiger partial charge in [0, 0.05) is 11.1 Å². The van der Waals surface area contributed by atoms with Gasteiger partial charge in [0.05, 0.1) is 28.0 Å². The second-order valence-electron chi connectivity index (χ2n) is 9.67. The minimum Gasteiger partial charge on any atom is -0.172 e. The summed E-state index contributed by atoms with van der Waals surface area (Å²) < 4.78 is 161. The van der Waals surface area contributed by atoms with E-state index in [9.17, 15) is 57.9 Å². The van der Waals surface area contributed by atoms with Crippen LogP contribution in [0, 0.1) is 11.5 Å². The second-order valence-corrected chi connectivity index (χ2v) is 9.67. The highest BCUT2D eigenvalue weighted by Crippen LogP contribution is 2.44. The zero-order valence-electron chi connectivity index (χ0n) is 21.4. The smallest absolute Gasteiger partial charge is 0.172 e. The minimum atomic E-state index is -5.11. The van der Waals surface area contributed by atoms with Gasteiger partial charge in [0.15, 0.2) is 0 Å². The first kappa shape index (κ1) is 30.7. The molecule has 0 heterocycles. The van der Waals surface area contributed by atoms with Crippen molar-refractivity contribution in [2.75, 3.05) is 0 Å². The van der Waals surface area contributed by atoms with Crippen LogP contribution in [-0.2, 0) is 24.7 Å². The maximum atomic E-state index is 13.4. The molecule has 4 aromatic rings. The van der Waals surface area contributed by atoms with E-state index in [2.05, 4.69) is 4.99 Å². The highest BCUT2D eigenvalue weighted by molar-refractivity contribution is 6.25. The lowest BCUT2D eigenvalue weighted by Crippen LogP contribution is -2.11. The van der Waals surface area contributed by atoms with Crippen molar-refractivity contribution >= 4 is 5.71 Å². The maximum absolute atomic E-state index is 13.4. The Morgan fingerprint density at radius 2 is 0.727 bits per heavy atom. The van der Waals surface area contributed by atoms with Gasteiger partial charge in [0.2, 0.25) is 6.19 Å². The fourth-order valence-electron chi connectivity index (χ4n) is 4.87. The van der Waals surface area contributed by atoms with Gasteiger partial charge in [-0.1, -0.05) is 24.3 Å². The predicted octanol–water partition coefficient (Wildman–Crippen LogP) is 10.4. The van der Waals surface area contributed by atoms with E-state index in [4.69, 9.17) is 0 Å². The number of hydrogen-bond donors (Lipinski definition) is 0. The van der Waals surface area contributed by atoms with Crippen molar-refractivity contribution in [3.8, 4) is 39.6 Å². The molecule has 1 aliphatic carbocycles. The highest BCUT2D eigenvalue weighted by atomic mass is 19.4. The Kier molecular flexibility index (Phi) is 7.06. The van der Waals surface area contributed by atoms with Gasteiger partial charge in [0.1, 0.15) is 0 Å². The van der Waals surface area contributed by atoms with Crippen molar-refractivity contribution in [2.45, 2.75) is 24.7 Å². The number of nitriles is 1. The van der Waals surface area contributed by atoms with E-state index in [0.29, 0.717) is 35.4 Å². The van der Waals surface area contributed by atoms with Gasteiger partial charge >= 0.3 is 24.7 Å². The molecular formula is C30H12F12N2. The number of alkyl halides is 12. The third kappa shape index (κ3) is 5.73. The van der Waals surface area contributed by atoms with E-state index in [1.807, 2.05) is 0 Å². The topological polar surface area (TPSA) is 36.1 Å². The molecule has 44 heavy (non-hydrogen) atoms. The van der Waals surface area contributed by atoms with Gasteiger partial charge in [-0.05, 0) is 81.9 Å². The molecule has 5 rings (SSSR count). The summed E-state index contributed by atoms with van der Waals surface area (Å²) in [6.07, 6.45) is -18.9. The normalized spacial score (nSPS) is 13.4. The molecule has 0 bridgehead atoms. The molecule has 0 fully saturated rings. The van der Waals surface area contributed by atoms with Crippen molar-refractivity contribution in [2.24, 2.45) is 4.99 Å². The molecule has 0 saturated heterocycles. The number of halogens is 12. The van der Waals surface area contributed by atoms with Crippen LogP contribution < -0.4 is 0 Å². The van der Waals surface area contributed by atoms with E-state index < -0.39 is 58.1 Å². The number of fused-ring (bicyclic) bond motifs is 3. The molecule has 0 spiro atoms. The van der Waals surface area contributed by atoms with Crippen molar-refractivity contribution < 1.29 is 52.7 Å². The molecular weight excluding hydrogens is 616 g/mol. The molecule has 14 heteroatoms. The summed E-state index contributed by atoms with van der Waals surface area (Å²) in [6.45, 7) is 0. The van der Waals surface area contributed by atoms with Gasteiger partial charge in [0.25, 0.3) is 0 Å². The molecule has 0 saturated carbocycles. The lowest BCUT2D eigenvalue weighted by atomic mass is 9.95. The van der Waals surface area contributed by atoms with E-state index in [-0.39, 0.29) is 40.1 Å². The summed E-state index contributed by atoms with van der Waals surface area (Å²) in [7, 11) is 0. The van der Waals surface area contributed by atoms with Crippen LogP contribution in [0.15, 0.2) is 77.8 Å². The first-order valence-electron chi connectivity index (χ1n) is 12.1. The quantitative estimate of drug-likeness (QED) is 0.142. The fourth-order valence-corrected chi connectivity index (χ4v) is 4.87. The van der Waals surface area contributed by atoms with Gasteiger partial charge in [-0.15, -0.1) is 0 Å². The lowest BCUT2D eigenvalue weighted by molar-refractivity contribution is -0.144. The SMILES string of the molecule is N#CN=C1c2cc(-c3cc(C(F)(F)F)cc(C(F)(F)F)c3)ccc2-c2ccc(-c3cc(C(F)(F)F)cc(C(F)(F)F)c3)cc21. The minimum absolute atomic E-state index is 0.0329. The number of hydrogen-bond acceptors (Lipinski definition) is 2. The standard InChI is InChI=1S/C30H12F12N2/c31-27(32,33)18-5-16(6-19(11-18)28(34,35)36)14-1-3-22-23-4-2-15(10-25(23)26(44-13-43)24(22)9-14)17-7-20(29(37,38)39)12-21(8-17)30(40,41)42/h1-12H. The molecule has 2 nitrogen and oxygen atoms in total. The second kappa shape index (κ2) is 10.1. The number of rotatable bonds is 2. The van der Waals surface area contributed by atoms with E-state index in [0.717, 1.165) is 0 Å². The summed E-state index contributed by atoms with van der Waals surface area (Å²) in [6, 6.07) is 9.59. The Morgan fingerprint density at radius 3 is 1.00 bits per heavy atom.